The van der Waals surface area contributed by atoms with Gasteiger partial charge in [-0.3, -0.25) is 9.59 Å². The summed E-state index contributed by atoms with van der Waals surface area (Å²) in [5.74, 6) is -0.747. The van der Waals surface area contributed by atoms with E-state index in [0.29, 0.717) is 35.3 Å². The van der Waals surface area contributed by atoms with Crippen molar-refractivity contribution in [2.45, 2.75) is 19.8 Å². The van der Waals surface area contributed by atoms with E-state index in [-0.39, 0.29) is 18.2 Å². The average Bonchev–Trinajstić information content (AvgIpc) is 3.14. The second-order valence-corrected chi connectivity index (χ2v) is 6.17. The van der Waals surface area contributed by atoms with Gasteiger partial charge in [-0.15, -0.1) is 0 Å². The summed E-state index contributed by atoms with van der Waals surface area (Å²) >= 11 is 1.46. The quantitative estimate of drug-likeness (QED) is 0.587. The Hall–Kier alpha value is -2.67. The number of rotatable bonds is 7. The SMILES string of the molecule is COC(=O)c1cccc(NC(=O)CCCNC(=O)c2ccsc2)c1C. The van der Waals surface area contributed by atoms with Crippen molar-refractivity contribution in [1.29, 1.82) is 0 Å². The fourth-order valence-electron chi connectivity index (χ4n) is 2.26. The number of anilines is 1. The molecule has 0 bridgehead atoms. The summed E-state index contributed by atoms with van der Waals surface area (Å²) in [4.78, 5) is 35.5. The molecule has 1 aromatic heterocycles. The maximum absolute atomic E-state index is 12.1. The van der Waals surface area contributed by atoms with Gasteiger partial charge in [-0.05, 0) is 42.5 Å². The van der Waals surface area contributed by atoms with Gasteiger partial charge < -0.3 is 15.4 Å². The largest absolute Gasteiger partial charge is 0.465 e. The van der Waals surface area contributed by atoms with Crippen LogP contribution in [0.25, 0.3) is 0 Å². The number of amides is 2. The van der Waals surface area contributed by atoms with E-state index >= 15 is 0 Å². The van der Waals surface area contributed by atoms with Gasteiger partial charge in [-0.1, -0.05) is 6.07 Å². The summed E-state index contributed by atoms with van der Waals surface area (Å²) < 4.78 is 4.72. The van der Waals surface area contributed by atoms with E-state index in [1.165, 1.54) is 18.4 Å². The lowest BCUT2D eigenvalue weighted by Crippen LogP contribution is -2.25. The maximum atomic E-state index is 12.1. The molecule has 0 fully saturated rings. The molecule has 1 heterocycles. The van der Waals surface area contributed by atoms with Crippen LogP contribution in [-0.4, -0.2) is 31.4 Å². The smallest absolute Gasteiger partial charge is 0.338 e. The molecule has 0 radical (unpaired) electrons. The Morgan fingerprint density at radius 3 is 2.68 bits per heavy atom. The number of esters is 1. The zero-order valence-corrected chi connectivity index (χ0v) is 14.9. The van der Waals surface area contributed by atoms with Crippen LogP contribution in [0, 0.1) is 6.92 Å². The predicted octanol–water partition coefficient (Wildman–Crippen LogP) is 2.99. The minimum atomic E-state index is -0.440. The Labute approximate surface area is 150 Å². The first kappa shape index (κ1) is 18.7. The van der Waals surface area contributed by atoms with E-state index in [2.05, 4.69) is 10.6 Å². The number of nitrogens with one attached hydrogen (secondary N) is 2. The normalized spacial score (nSPS) is 10.2. The minimum absolute atomic E-state index is 0.136. The summed E-state index contributed by atoms with van der Waals surface area (Å²) in [5, 5.41) is 9.18. The zero-order valence-electron chi connectivity index (χ0n) is 14.1. The molecule has 2 amide bonds. The molecule has 0 aliphatic carbocycles. The standard InChI is InChI=1S/C18H20N2O4S/c1-12-14(18(23)24-2)5-3-6-15(12)20-16(21)7-4-9-19-17(22)13-8-10-25-11-13/h3,5-6,8,10-11H,4,7,9H2,1-2H3,(H,19,22)(H,20,21). The molecule has 25 heavy (non-hydrogen) atoms. The van der Waals surface area contributed by atoms with Crippen molar-refractivity contribution < 1.29 is 19.1 Å². The lowest BCUT2D eigenvalue weighted by atomic mass is 10.1. The van der Waals surface area contributed by atoms with Gasteiger partial charge in [-0.25, -0.2) is 4.79 Å². The van der Waals surface area contributed by atoms with Gasteiger partial charge in [0.1, 0.15) is 0 Å². The van der Waals surface area contributed by atoms with Gasteiger partial charge in [-0.2, -0.15) is 11.3 Å². The number of hydrogen-bond donors (Lipinski definition) is 2. The van der Waals surface area contributed by atoms with Gasteiger partial charge in [0.15, 0.2) is 0 Å². The van der Waals surface area contributed by atoms with E-state index in [9.17, 15) is 14.4 Å². The van der Waals surface area contributed by atoms with Crippen LogP contribution in [0.15, 0.2) is 35.0 Å². The van der Waals surface area contributed by atoms with Crippen molar-refractivity contribution in [2.24, 2.45) is 0 Å². The lowest BCUT2D eigenvalue weighted by molar-refractivity contribution is -0.116. The highest BCUT2D eigenvalue weighted by Gasteiger charge is 2.13. The van der Waals surface area contributed by atoms with Crippen molar-refractivity contribution in [3.63, 3.8) is 0 Å². The lowest BCUT2D eigenvalue weighted by Gasteiger charge is -2.11. The molecule has 132 valence electrons. The van der Waals surface area contributed by atoms with E-state index in [4.69, 9.17) is 4.74 Å². The van der Waals surface area contributed by atoms with Crippen LogP contribution >= 0.6 is 11.3 Å². The molecule has 0 atom stereocenters. The van der Waals surface area contributed by atoms with Gasteiger partial charge in [0.2, 0.25) is 5.91 Å². The predicted molar refractivity (Wildman–Crippen MR) is 97.0 cm³/mol. The fraction of sp³-hybridized carbons (Fsp3) is 0.278. The first-order valence-electron chi connectivity index (χ1n) is 7.81. The second kappa shape index (κ2) is 8.98. The molecular weight excluding hydrogens is 340 g/mol. The van der Waals surface area contributed by atoms with Crippen LogP contribution in [0.4, 0.5) is 5.69 Å². The number of carbonyl (C=O) groups is 3. The molecule has 0 saturated heterocycles. The highest BCUT2D eigenvalue weighted by Crippen LogP contribution is 2.20. The van der Waals surface area contributed by atoms with Gasteiger partial charge in [0.25, 0.3) is 5.91 Å². The van der Waals surface area contributed by atoms with Crippen LogP contribution in [0.1, 0.15) is 39.1 Å². The summed E-state index contributed by atoms with van der Waals surface area (Å²) in [5.41, 5.74) is 2.29. The average molecular weight is 360 g/mol. The van der Waals surface area contributed by atoms with Crippen LogP contribution < -0.4 is 10.6 Å². The van der Waals surface area contributed by atoms with Crippen molar-refractivity contribution in [2.75, 3.05) is 19.0 Å². The summed E-state index contributed by atoms with van der Waals surface area (Å²) in [6, 6.07) is 6.83. The molecule has 7 heteroatoms. The van der Waals surface area contributed by atoms with Gasteiger partial charge in [0, 0.05) is 29.6 Å². The number of methoxy groups -OCH3 is 1. The Balaban J connectivity index is 1.81. The van der Waals surface area contributed by atoms with Crippen LogP contribution in [0.3, 0.4) is 0 Å². The van der Waals surface area contributed by atoms with E-state index < -0.39 is 5.97 Å². The molecule has 2 rings (SSSR count). The Bertz CT molecular complexity index is 756. The maximum Gasteiger partial charge on any atom is 0.338 e. The number of thiophene rings is 1. The Morgan fingerprint density at radius 2 is 2.00 bits per heavy atom. The van der Waals surface area contributed by atoms with Crippen molar-refractivity contribution in [3.8, 4) is 0 Å². The summed E-state index contributed by atoms with van der Waals surface area (Å²) in [6.07, 6.45) is 0.795. The fourth-order valence-corrected chi connectivity index (χ4v) is 2.90. The van der Waals surface area contributed by atoms with Crippen LogP contribution in [0.2, 0.25) is 0 Å². The van der Waals surface area contributed by atoms with Crippen molar-refractivity contribution >= 4 is 34.8 Å². The molecule has 1 aromatic carbocycles. The van der Waals surface area contributed by atoms with Gasteiger partial charge >= 0.3 is 5.97 Å². The van der Waals surface area contributed by atoms with E-state index in [0.717, 1.165) is 0 Å². The van der Waals surface area contributed by atoms with Crippen molar-refractivity contribution in [3.05, 3.63) is 51.7 Å². The van der Waals surface area contributed by atoms with Crippen LogP contribution in [-0.2, 0) is 9.53 Å². The Kier molecular flexibility index (Phi) is 6.71. The molecule has 0 spiro atoms. The molecule has 0 aliphatic rings. The molecule has 2 aromatic rings. The summed E-state index contributed by atoms with van der Waals surface area (Å²) in [6.45, 7) is 2.17. The zero-order chi connectivity index (χ0) is 18.2. The number of benzene rings is 1. The Morgan fingerprint density at radius 1 is 1.20 bits per heavy atom. The third-order valence-electron chi connectivity index (χ3n) is 3.66. The second-order valence-electron chi connectivity index (χ2n) is 5.39. The molecule has 0 saturated carbocycles. The van der Waals surface area contributed by atoms with Gasteiger partial charge in [0.05, 0.1) is 12.7 Å². The molecular formula is C18H20N2O4S. The molecule has 0 unspecified atom stereocenters. The number of ether oxygens (including phenoxy) is 1. The first-order valence-corrected chi connectivity index (χ1v) is 8.75. The molecule has 6 nitrogen and oxygen atoms in total. The summed E-state index contributed by atoms with van der Waals surface area (Å²) in [7, 11) is 1.32. The topological polar surface area (TPSA) is 84.5 Å². The number of carbonyl (C=O) groups excluding carboxylic acids is 3. The highest BCUT2D eigenvalue weighted by molar-refractivity contribution is 7.08. The van der Waals surface area contributed by atoms with Crippen molar-refractivity contribution in [1.82, 2.24) is 5.32 Å². The highest BCUT2D eigenvalue weighted by atomic mass is 32.1. The molecule has 2 N–H and O–H groups in total. The monoisotopic (exact) mass is 360 g/mol. The third kappa shape index (κ3) is 5.15. The van der Waals surface area contributed by atoms with Crippen LogP contribution in [0.5, 0.6) is 0 Å². The number of hydrogen-bond acceptors (Lipinski definition) is 5. The third-order valence-corrected chi connectivity index (χ3v) is 4.35. The minimum Gasteiger partial charge on any atom is -0.465 e. The molecule has 0 aliphatic heterocycles. The van der Waals surface area contributed by atoms with E-state index in [1.54, 1.807) is 36.6 Å². The first-order chi connectivity index (χ1) is 12.0. The van der Waals surface area contributed by atoms with E-state index in [1.807, 2.05) is 5.38 Å².